The summed E-state index contributed by atoms with van der Waals surface area (Å²) in [5.41, 5.74) is 0. The predicted molar refractivity (Wildman–Crippen MR) is 82.7 cm³/mol. The van der Waals surface area contributed by atoms with E-state index in [4.69, 9.17) is 0 Å². The van der Waals surface area contributed by atoms with E-state index in [2.05, 4.69) is 34.0 Å². The molecule has 2 aromatic heterocycles. The zero-order valence-corrected chi connectivity index (χ0v) is 13.4. The summed E-state index contributed by atoms with van der Waals surface area (Å²) in [6.45, 7) is 4.31. The molecule has 7 nitrogen and oxygen atoms in total. The third kappa shape index (κ3) is 4.22. The molecule has 0 atom stereocenters. The molecule has 120 valence electrons. The molecule has 0 N–H and O–H groups in total. The number of aromatic nitrogens is 6. The van der Waals surface area contributed by atoms with Gasteiger partial charge in [0.25, 0.3) is 0 Å². The van der Waals surface area contributed by atoms with Crippen LogP contribution in [0.4, 0.5) is 4.79 Å². The van der Waals surface area contributed by atoms with Crippen molar-refractivity contribution in [3.8, 4) is 0 Å². The fourth-order valence-electron chi connectivity index (χ4n) is 2.26. The Bertz CT molecular complexity index is 575. The lowest BCUT2D eigenvalue weighted by Gasteiger charge is -2.03. The van der Waals surface area contributed by atoms with Gasteiger partial charge in [-0.05, 0) is 12.8 Å². The van der Waals surface area contributed by atoms with E-state index >= 15 is 0 Å². The Balaban J connectivity index is 2.13. The first-order chi connectivity index (χ1) is 10.8. The number of hydrogen-bond acceptors (Lipinski definition) is 5. The van der Waals surface area contributed by atoms with Crippen LogP contribution in [0.3, 0.4) is 0 Å². The average Bonchev–Trinajstić information content (AvgIpc) is 3.18. The minimum atomic E-state index is -0.321. The van der Waals surface area contributed by atoms with Crippen molar-refractivity contribution in [1.82, 2.24) is 29.5 Å². The van der Waals surface area contributed by atoms with Gasteiger partial charge in [0.15, 0.2) is 5.82 Å². The lowest BCUT2D eigenvalue weighted by Crippen LogP contribution is -2.23. The zero-order valence-electron chi connectivity index (χ0n) is 13.4. The molecule has 0 amide bonds. The van der Waals surface area contributed by atoms with Crippen LogP contribution in [-0.4, -0.2) is 35.6 Å². The molecule has 22 heavy (non-hydrogen) atoms. The normalized spacial score (nSPS) is 11.0. The predicted octanol–water partition coefficient (Wildman–Crippen LogP) is 2.85. The summed E-state index contributed by atoms with van der Waals surface area (Å²) in [5, 5.41) is 8.25. The SMILES string of the molecule is CCCCCCc1nc(CCCC)nn1C(=O)n1cncn1. The Morgan fingerprint density at radius 3 is 2.59 bits per heavy atom. The van der Waals surface area contributed by atoms with E-state index in [0.29, 0.717) is 0 Å². The summed E-state index contributed by atoms with van der Waals surface area (Å²) in [5.74, 6) is 1.46. The number of unbranched alkanes of at least 4 members (excludes halogenated alkanes) is 4. The Hall–Kier alpha value is -2.05. The van der Waals surface area contributed by atoms with Crippen molar-refractivity contribution in [2.75, 3.05) is 0 Å². The highest BCUT2D eigenvalue weighted by Crippen LogP contribution is 2.09. The maximum absolute atomic E-state index is 12.4. The highest BCUT2D eigenvalue weighted by molar-refractivity contribution is 5.77. The first-order valence-electron chi connectivity index (χ1n) is 8.10. The summed E-state index contributed by atoms with van der Waals surface area (Å²) in [4.78, 5) is 20.8. The molecule has 0 saturated carbocycles. The molecule has 7 heteroatoms. The van der Waals surface area contributed by atoms with Crippen molar-refractivity contribution >= 4 is 6.03 Å². The minimum Gasteiger partial charge on any atom is -0.243 e. The third-order valence-electron chi connectivity index (χ3n) is 3.52. The third-order valence-corrected chi connectivity index (χ3v) is 3.52. The van der Waals surface area contributed by atoms with Gasteiger partial charge in [-0.3, -0.25) is 0 Å². The number of carbonyl (C=O) groups is 1. The Labute approximate surface area is 130 Å². The number of carbonyl (C=O) groups excluding carboxylic acids is 1. The number of rotatable bonds is 8. The molecule has 0 aliphatic rings. The van der Waals surface area contributed by atoms with Crippen molar-refractivity contribution in [3.05, 3.63) is 24.3 Å². The van der Waals surface area contributed by atoms with Gasteiger partial charge >= 0.3 is 6.03 Å². The molecule has 0 aliphatic heterocycles. The number of hydrogen-bond donors (Lipinski definition) is 0. The second-order valence-corrected chi connectivity index (χ2v) is 5.39. The average molecular weight is 304 g/mol. The van der Waals surface area contributed by atoms with E-state index in [1.165, 1.54) is 34.9 Å². The molecule has 0 aliphatic carbocycles. The second-order valence-electron chi connectivity index (χ2n) is 5.39. The topological polar surface area (TPSA) is 78.5 Å². The van der Waals surface area contributed by atoms with Crippen LogP contribution in [-0.2, 0) is 12.8 Å². The van der Waals surface area contributed by atoms with Gasteiger partial charge in [-0.1, -0.05) is 39.5 Å². The van der Waals surface area contributed by atoms with Gasteiger partial charge in [0.2, 0.25) is 0 Å². The van der Waals surface area contributed by atoms with Crippen LogP contribution in [0.1, 0.15) is 64.0 Å². The lowest BCUT2D eigenvalue weighted by atomic mass is 10.1. The van der Waals surface area contributed by atoms with Crippen molar-refractivity contribution in [1.29, 1.82) is 0 Å². The molecule has 0 radical (unpaired) electrons. The van der Waals surface area contributed by atoms with E-state index in [1.54, 1.807) is 0 Å². The van der Waals surface area contributed by atoms with E-state index in [9.17, 15) is 4.79 Å². The molecule has 0 bridgehead atoms. The quantitative estimate of drug-likeness (QED) is 0.701. The fraction of sp³-hybridized carbons (Fsp3) is 0.667. The lowest BCUT2D eigenvalue weighted by molar-refractivity contribution is 0.237. The molecule has 0 saturated heterocycles. The molecular weight excluding hydrogens is 280 g/mol. The summed E-state index contributed by atoms with van der Waals surface area (Å²) < 4.78 is 2.57. The Kier molecular flexibility index (Phi) is 6.24. The van der Waals surface area contributed by atoms with Crippen LogP contribution in [0.5, 0.6) is 0 Å². The van der Waals surface area contributed by atoms with Gasteiger partial charge in [-0.2, -0.15) is 14.5 Å². The largest absolute Gasteiger partial charge is 0.372 e. The van der Waals surface area contributed by atoms with E-state index in [-0.39, 0.29) is 6.03 Å². The van der Waals surface area contributed by atoms with Gasteiger partial charge in [0, 0.05) is 12.8 Å². The summed E-state index contributed by atoms with van der Waals surface area (Å²) in [6.07, 6.45) is 10.9. The van der Waals surface area contributed by atoms with E-state index in [0.717, 1.165) is 50.2 Å². The standard InChI is InChI=1S/C15H24N6O/c1-3-5-7-8-10-14-18-13(9-6-4-2)19-21(14)15(22)20-12-16-11-17-20/h11-12H,3-10H2,1-2H3. The number of aryl methyl sites for hydroxylation is 2. The van der Waals surface area contributed by atoms with Crippen LogP contribution in [0.15, 0.2) is 12.7 Å². The summed E-state index contributed by atoms with van der Waals surface area (Å²) >= 11 is 0. The zero-order chi connectivity index (χ0) is 15.8. The van der Waals surface area contributed by atoms with Crippen molar-refractivity contribution in [3.63, 3.8) is 0 Å². The van der Waals surface area contributed by atoms with Gasteiger partial charge in [0.1, 0.15) is 18.5 Å². The molecule has 0 aromatic carbocycles. The molecule has 2 aromatic rings. The van der Waals surface area contributed by atoms with Crippen LogP contribution in [0.2, 0.25) is 0 Å². The Morgan fingerprint density at radius 1 is 1.09 bits per heavy atom. The van der Waals surface area contributed by atoms with Crippen LogP contribution >= 0.6 is 0 Å². The van der Waals surface area contributed by atoms with Crippen molar-refractivity contribution in [2.24, 2.45) is 0 Å². The van der Waals surface area contributed by atoms with Crippen LogP contribution < -0.4 is 0 Å². The monoisotopic (exact) mass is 304 g/mol. The smallest absolute Gasteiger partial charge is 0.243 e. The molecule has 2 rings (SSSR count). The molecule has 0 spiro atoms. The van der Waals surface area contributed by atoms with Gasteiger partial charge in [0.05, 0.1) is 0 Å². The van der Waals surface area contributed by atoms with Gasteiger partial charge in [-0.15, -0.1) is 5.10 Å². The molecular formula is C15H24N6O. The minimum absolute atomic E-state index is 0.321. The first kappa shape index (κ1) is 16.3. The molecule has 2 heterocycles. The second kappa shape index (κ2) is 8.41. The van der Waals surface area contributed by atoms with Gasteiger partial charge < -0.3 is 0 Å². The van der Waals surface area contributed by atoms with Crippen molar-refractivity contribution in [2.45, 2.75) is 65.2 Å². The highest BCUT2D eigenvalue weighted by Gasteiger charge is 2.17. The van der Waals surface area contributed by atoms with Crippen molar-refractivity contribution < 1.29 is 4.79 Å². The van der Waals surface area contributed by atoms with E-state index < -0.39 is 0 Å². The van der Waals surface area contributed by atoms with Crippen LogP contribution in [0.25, 0.3) is 0 Å². The summed E-state index contributed by atoms with van der Waals surface area (Å²) in [6, 6.07) is -0.321. The number of nitrogens with zero attached hydrogens (tertiary/aromatic N) is 6. The molecule has 0 unspecified atom stereocenters. The maximum Gasteiger partial charge on any atom is 0.372 e. The first-order valence-corrected chi connectivity index (χ1v) is 8.10. The molecule has 0 fully saturated rings. The van der Waals surface area contributed by atoms with Gasteiger partial charge in [-0.25, -0.2) is 14.8 Å². The van der Waals surface area contributed by atoms with Crippen LogP contribution in [0, 0.1) is 0 Å². The Morgan fingerprint density at radius 2 is 1.91 bits per heavy atom. The fourth-order valence-corrected chi connectivity index (χ4v) is 2.26. The highest BCUT2D eigenvalue weighted by atomic mass is 16.2. The maximum atomic E-state index is 12.4. The summed E-state index contributed by atoms with van der Waals surface area (Å²) in [7, 11) is 0. The van der Waals surface area contributed by atoms with E-state index in [1.807, 2.05) is 0 Å².